The van der Waals surface area contributed by atoms with Crippen molar-refractivity contribution in [3.05, 3.63) is 54.6 Å². The van der Waals surface area contributed by atoms with Crippen molar-refractivity contribution in [3.63, 3.8) is 0 Å². The molecule has 0 bridgehead atoms. The van der Waals surface area contributed by atoms with Gasteiger partial charge in [-0.3, -0.25) is 0 Å². The van der Waals surface area contributed by atoms with Crippen LogP contribution in [-0.2, 0) is 20.0 Å². The molecule has 0 saturated carbocycles. The molecular weight excluding hydrogens is 414 g/mol. The summed E-state index contributed by atoms with van der Waals surface area (Å²) in [5.74, 6) is 0.465. The van der Waals surface area contributed by atoms with Crippen molar-refractivity contribution < 1.29 is 21.6 Å². The molecule has 29 heavy (non-hydrogen) atoms. The molecule has 1 fully saturated rings. The lowest BCUT2D eigenvalue weighted by Gasteiger charge is -2.35. The molecule has 1 saturated heterocycles. The maximum absolute atomic E-state index is 12.6. The van der Waals surface area contributed by atoms with Crippen LogP contribution < -0.4 is 14.4 Å². The van der Waals surface area contributed by atoms with Crippen LogP contribution in [0.2, 0.25) is 0 Å². The number of benzene rings is 2. The third-order valence-electron chi connectivity index (χ3n) is 4.76. The lowest BCUT2D eigenvalue weighted by atomic mass is 10.2. The summed E-state index contributed by atoms with van der Waals surface area (Å²) in [6.07, 6.45) is 0. The quantitative estimate of drug-likeness (QED) is 0.662. The second-order valence-electron chi connectivity index (χ2n) is 6.58. The average Bonchev–Trinajstić information content (AvgIpc) is 2.74. The highest BCUT2D eigenvalue weighted by Crippen LogP contribution is 2.28. The zero-order chi connectivity index (χ0) is 20.9. The number of hydrogen-bond donors (Lipinski definition) is 1. The molecular formula is C19H25N3O5S2. The first-order chi connectivity index (χ1) is 13.8. The Balaban J connectivity index is 1.55. The Morgan fingerprint density at radius 1 is 0.897 bits per heavy atom. The van der Waals surface area contributed by atoms with Gasteiger partial charge in [-0.2, -0.15) is 4.31 Å². The van der Waals surface area contributed by atoms with Gasteiger partial charge in [0.2, 0.25) is 20.0 Å². The first-order valence-electron chi connectivity index (χ1n) is 9.24. The summed E-state index contributed by atoms with van der Waals surface area (Å²) in [4.78, 5) is 2.20. The topological polar surface area (TPSA) is 96.0 Å². The van der Waals surface area contributed by atoms with E-state index in [4.69, 9.17) is 4.74 Å². The van der Waals surface area contributed by atoms with Gasteiger partial charge < -0.3 is 9.64 Å². The second kappa shape index (κ2) is 9.12. The zero-order valence-corrected chi connectivity index (χ0v) is 17.8. The van der Waals surface area contributed by atoms with Gasteiger partial charge in [-0.15, -0.1) is 0 Å². The summed E-state index contributed by atoms with van der Waals surface area (Å²) >= 11 is 0. The number of methoxy groups -OCH3 is 1. The molecule has 0 spiro atoms. The summed E-state index contributed by atoms with van der Waals surface area (Å²) < 4.78 is 58.8. The summed E-state index contributed by atoms with van der Waals surface area (Å²) in [5.41, 5.74) is 0.933. The molecule has 2 aromatic carbocycles. The normalized spacial score (nSPS) is 16.0. The molecule has 0 radical (unpaired) electrons. The summed E-state index contributed by atoms with van der Waals surface area (Å²) in [7, 11) is -5.67. The van der Waals surface area contributed by atoms with Crippen molar-refractivity contribution in [2.75, 3.05) is 50.5 Å². The van der Waals surface area contributed by atoms with E-state index < -0.39 is 20.0 Å². The fourth-order valence-corrected chi connectivity index (χ4v) is 5.74. The van der Waals surface area contributed by atoms with Crippen molar-refractivity contribution in [2.24, 2.45) is 0 Å². The Kier molecular flexibility index (Phi) is 6.78. The second-order valence-corrected chi connectivity index (χ2v) is 10.4. The van der Waals surface area contributed by atoms with Gasteiger partial charge in [0.05, 0.1) is 23.4 Å². The molecule has 0 atom stereocenters. The molecule has 1 aliphatic rings. The molecule has 1 aliphatic heterocycles. The van der Waals surface area contributed by atoms with Crippen LogP contribution in [0.3, 0.4) is 0 Å². The minimum atomic E-state index is -3.72. The SMILES string of the molecule is COc1ccccc1N1CCN(S(=O)(=O)CCNS(=O)(=O)c2ccccc2)CC1. The Bertz CT molecular complexity index is 1020. The summed E-state index contributed by atoms with van der Waals surface area (Å²) in [6, 6.07) is 15.5. The number of ether oxygens (including phenoxy) is 1. The number of nitrogens with zero attached hydrogens (tertiary/aromatic N) is 2. The molecule has 0 aliphatic carbocycles. The standard InChI is InChI=1S/C19H25N3O5S2/c1-27-19-10-6-5-9-18(19)21-12-14-22(15-13-21)28(23,24)16-11-20-29(25,26)17-7-3-2-4-8-17/h2-10,20H,11-16H2,1H3. The van der Waals surface area contributed by atoms with Crippen LogP contribution in [0.4, 0.5) is 5.69 Å². The molecule has 10 heteroatoms. The van der Waals surface area contributed by atoms with E-state index >= 15 is 0 Å². The third kappa shape index (κ3) is 5.27. The van der Waals surface area contributed by atoms with Crippen LogP contribution in [0, 0.1) is 0 Å². The molecule has 0 unspecified atom stereocenters. The maximum atomic E-state index is 12.6. The molecule has 8 nitrogen and oxygen atoms in total. The van der Waals surface area contributed by atoms with Gasteiger partial charge in [-0.05, 0) is 24.3 Å². The predicted octanol–water partition coefficient (Wildman–Crippen LogP) is 1.13. The number of anilines is 1. The van der Waals surface area contributed by atoms with Crippen LogP contribution in [0.1, 0.15) is 0 Å². The lowest BCUT2D eigenvalue weighted by Crippen LogP contribution is -2.50. The summed E-state index contributed by atoms with van der Waals surface area (Å²) in [5, 5.41) is 0. The molecule has 0 aromatic heterocycles. The molecule has 158 valence electrons. The number of piperazine rings is 1. The molecule has 1 heterocycles. The summed E-state index contributed by atoms with van der Waals surface area (Å²) in [6.45, 7) is 1.58. The third-order valence-corrected chi connectivity index (χ3v) is 8.11. The van der Waals surface area contributed by atoms with Crippen LogP contribution in [0.5, 0.6) is 5.75 Å². The van der Waals surface area contributed by atoms with E-state index in [0.29, 0.717) is 26.2 Å². The predicted molar refractivity (Wildman–Crippen MR) is 112 cm³/mol. The Hall–Kier alpha value is -2.14. The van der Waals surface area contributed by atoms with Gasteiger partial charge in [0, 0.05) is 32.7 Å². The maximum Gasteiger partial charge on any atom is 0.240 e. The van der Waals surface area contributed by atoms with Crippen LogP contribution in [0.15, 0.2) is 59.5 Å². The van der Waals surface area contributed by atoms with E-state index in [9.17, 15) is 16.8 Å². The molecule has 0 amide bonds. The fraction of sp³-hybridized carbons (Fsp3) is 0.368. The van der Waals surface area contributed by atoms with E-state index in [0.717, 1.165) is 11.4 Å². The van der Waals surface area contributed by atoms with E-state index in [1.165, 1.54) is 16.4 Å². The highest BCUT2D eigenvalue weighted by Gasteiger charge is 2.28. The first-order valence-corrected chi connectivity index (χ1v) is 12.3. The van der Waals surface area contributed by atoms with Crippen LogP contribution in [0.25, 0.3) is 0 Å². The molecule has 3 rings (SSSR count). The van der Waals surface area contributed by atoms with Gasteiger partial charge in [-0.1, -0.05) is 30.3 Å². The number of nitrogens with one attached hydrogen (secondary N) is 1. The number of hydrogen-bond acceptors (Lipinski definition) is 6. The molecule has 2 aromatic rings. The Morgan fingerprint density at radius 3 is 2.17 bits per heavy atom. The smallest absolute Gasteiger partial charge is 0.240 e. The van der Waals surface area contributed by atoms with Gasteiger partial charge in [0.1, 0.15) is 5.75 Å². The van der Waals surface area contributed by atoms with Crippen LogP contribution >= 0.6 is 0 Å². The van der Waals surface area contributed by atoms with Gasteiger partial charge in [-0.25, -0.2) is 21.6 Å². The average molecular weight is 440 g/mol. The van der Waals surface area contributed by atoms with E-state index in [2.05, 4.69) is 9.62 Å². The minimum absolute atomic E-state index is 0.114. The Morgan fingerprint density at radius 2 is 1.52 bits per heavy atom. The monoisotopic (exact) mass is 439 g/mol. The lowest BCUT2D eigenvalue weighted by molar-refractivity contribution is 0.378. The number of sulfonamides is 2. The van der Waals surface area contributed by atoms with Crippen molar-refractivity contribution >= 4 is 25.7 Å². The van der Waals surface area contributed by atoms with Gasteiger partial charge >= 0.3 is 0 Å². The van der Waals surface area contributed by atoms with Gasteiger partial charge in [0.15, 0.2) is 0 Å². The van der Waals surface area contributed by atoms with Gasteiger partial charge in [0.25, 0.3) is 0 Å². The number of rotatable bonds is 8. The van der Waals surface area contributed by atoms with Crippen molar-refractivity contribution in [1.82, 2.24) is 9.03 Å². The minimum Gasteiger partial charge on any atom is -0.495 e. The van der Waals surface area contributed by atoms with E-state index in [-0.39, 0.29) is 17.2 Å². The largest absolute Gasteiger partial charge is 0.495 e. The van der Waals surface area contributed by atoms with E-state index in [1.807, 2.05) is 24.3 Å². The highest BCUT2D eigenvalue weighted by atomic mass is 32.2. The van der Waals surface area contributed by atoms with Crippen molar-refractivity contribution in [1.29, 1.82) is 0 Å². The molecule has 1 N–H and O–H groups in total. The zero-order valence-electron chi connectivity index (χ0n) is 16.2. The fourth-order valence-electron chi connectivity index (χ4n) is 3.22. The first kappa shape index (κ1) is 21.6. The van der Waals surface area contributed by atoms with Crippen LogP contribution in [-0.4, -0.2) is 66.7 Å². The number of para-hydroxylation sites is 2. The van der Waals surface area contributed by atoms with Crippen molar-refractivity contribution in [2.45, 2.75) is 4.90 Å². The van der Waals surface area contributed by atoms with Crippen molar-refractivity contribution in [3.8, 4) is 5.75 Å². The van der Waals surface area contributed by atoms with E-state index in [1.54, 1.807) is 25.3 Å². The Labute approximate surface area is 172 Å². The highest BCUT2D eigenvalue weighted by molar-refractivity contribution is 7.90.